The summed E-state index contributed by atoms with van der Waals surface area (Å²) in [4.78, 5) is 14.6. The van der Waals surface area contributed by atoms with Crippen LogP contribution in [0, 0.1) is 5.92 Å². The van der Waals surface area contributed by atoms with Crippen LogP contribution in [-0.4, -0.2) is 37.5 Å². The number of likely N-dealkylation sites (tertiary alicyclic amines) is 1. The van der Waals surface area contributed by atoms with Crippen LogP contribution in [0.2, 0.25) is 0 Å². The summed E-state index contributed by atoms with van der Waals surface area (Å²) in [5, 5.41) is 6.41. The predicted octanol–water partition coefficient (Wildman–Crippen LogP) is 2.08. The average Bonchev–Trinajstić information content (AvgIpc) is 2.47. The van der Waals surface area contributed by atoms with Crippen LogP contribution in [0.15, 0.2) is 24.3 Å². The molecule has 1 fully saturated rings. The van der Waals surface area contributed by atoms with E-state index in [1.54, 1.807) is 0 Å². The Morgan fingerprint density at radius 2 is 2.00 bits per heavy atom. The van der Waals surface area contributed by atoms with Gasteiger partial charge in [0.2, 0.25) is 5.91 Å². The van der Waals surface area contributed by atoms with Gasteiger partial charge in [-0.2, -0.15) is 0 Å². The number of nitrogens with one attached hydrogen (secondary N) is 2. The number of anilines is 1. The normalized spacial score (nSPS) is 17.1. The number of rotatable bonds is 5. The van der Waals surface area contributed by atoms with Crippen molar-refractivity contribution in [2.45, 2.75) is 26.3 Å². The Kier molecular flexibility index (Phi) is 5.56. The minimum Gasteiger partial charge on any atom is -0.326 e. The van der Waals surface area contributed by atoms with E-state index < -0.39 is 0 Å². The summed E-state index contributed by atoms with van der Waals surface area (Å²) in [7, 11) is 2.11. The highest BCUT2D eigenvalue weighted by Crippen LogP contribution is 2.20. The zero-order chi connectivity index (χ0) is 14.4. The molecule has 1 aromatic rings. The van der Waals surface area contributed by atoms with Crippen LogP contribution in [0.5, 0.6) is 0 Å². The van der Waals surface area contributed by atoms with Gasteiger partial charge in [-0.25, -0.2) is 0 Å². The second-order valence-electron chi connectivity index (χ2n) is 5.50. The Labute approximate surface area is 121 Å². The fourth-order valence-electron chi connectivity index (χ4n) is 2.56. The number of hydrogen-bond donors (Lipinski definition) is 2. The van der Waals surface area contributed by atoms with E-state index in [0.29, 0.717) is 0 Å². The smallest absolute Gasteiger partial charge is 0.227 e. The number of carbonyl (C=O) groups is 1. The number of nitrogens with zero attached hydrogens (tertiary/aromatic N) is 1. The van der Waals surface area contributed by atoms with Crippen molar-refractivity contribution >= 4 is 11.6 Å². The molecule has 1 aliphatic heterocycles. The zero-order valence-electron chi connectivity index (χ0n) is 12.5. The second kappa shape index (κ2) is 7.41. The fraction of sp³-hybridized carbons (Fsp3) is 0.562. The summed E-state index contributed by atoms with van der Waals surface area (Å²) in [6, 6.07) is 8.03. The molecule has 0 unspecified atom stereocenters. The van der Waals surface area contributed by atoms with Gasteiger partial charge in [-0.1, -0.05) is 25.1 Å². The maximum Gasteiger partial charge on any atom is 0.227 e. The van der Waals surface area contributed by atoms with Crippen molar-refractivity contribution in [3.05, 3.63) is 29.8 Å². The number of para-hydroxylation sites is 1. The molecule has 2 rings (SSSR count). The molecule has 0 bridgehead atoms. The first-order valence-corrected chi connectivity index (χ1v) is 7.48. The quantitative estimate of drug-likeness (QED) is 0.864. The van der Waals surface area contributed by atoms with Crippen LogP contribution < -0.4 is 10.6 Å². The van der Waals surface area contributed by atoms with Gasteiger partial charge < -0.3 is 15.5 Å². The van der Waals surface area contributed by atoms with E-state index in [2.05, 4.69) is 35.6 Å². The zero-order valence-corrected chi connectivity index (χ0v) is 12.5. The lowest BCUT2D eigenvalue weighted by Crippen LogP contribution is -2.36. The summed E-state index contributed by atoms with van der Waals surface area (Å²) in [6.45, 7) is 5.82. The van der Waals surface area contributed by atoms with Crippen molar-refractivity contribution in [3.8, 4) is 0 Å². The molecule has 1 aliphatic rings. The van der Waals surface area contributed by atoms with Crippen LogP contribution in [0.4, 0.5) is 5.69 Å². The third kappa shape index (κ3) is 4.05. The van der Waals surface area contributed by atoms with Gasteiger partial charge >= 0.3 is 0 Å². The molecule has 4 heteroatoms. The van der Waals surface area contributed by atoms with E-state index in [9.17, 15) is 4.79 Å². The molecule has 20 heavy (non-hydrogen) atoms. The van der Waals surface area contributed by atoms with Crippen molar-refractivity contribution in [3.63, 3.8) is 0 Å². The summed E-state index contributed by atoms with van der Waals surface area (Å²) in [5.74, 6) is 0.320. The number of benzene rings is 1. The standard InChI is InChI=1S/C16H25N3O/c1-3-17-12-14-6-4-5-7-15(14)18-16(20)13-8-10-19(2)11-9-13/h4-7,13,17H,3,8-12H2,1-2H3,(H,18,20). The van der Waals surface area contributed by atoms with Gasteiger partial charge in [0.1, 0.15) is 0 Å². The molecule has 1 aromatic carbocycles. The molecule has 0 aromatic heterocycles. The highest BCUT2D eigenvalue weighted by molar-refractivity contribution is 5.93. The van der Waals surface area contributed by atoms with Crippen molar-refractivity contribution < 1.29 is 4.79 Å². The summed E-state index contributed by atoms with van der Waals surface area (Å²) in [6.07, 6.45) is 1.91. The predicted molar refractivity (Wildman–Crippen MR) is 82.7 cm³/mol. The largest absolute Gasteiger partial charge is 0.326 e. The molecule has 1 heterocycles. The monoisotopic (exact) mass is 275 g/mol. The topological polar surface area (TPSA) is 44.4 Å². The Morgan fingerprint density at radius 1 is 1.30 bits per heavy atom. The molecule has 0 atom stereocenters. The first kappa shape index (κ1) is 15.0. The molecule has 0 saturated carbocycles. The summed E-state index contributed by atoms with van der Waals surface area (Å²) < 4.78 is 0. The molecule has 4 nitrogen and oxygen atoms in total. The van der Waals surface area contributed by atoms with Crippen molar-refractivity contribution in [2.24, 2.45) is 5.92 Å². The van der Waals surface area contributed by atoms with E-state index in [-0.39, 0.29) is 11.8 Å². The lowest BCUT2D eigenvalue weighted by Gasteiger charge is -2.28. The SMILES string of the molecule is CCNCc1ccccc1NC(=O)C1CCN(C)CC1. The van der Waals surface area contributed by atoms with Gasteiger partial charge in [-0.15, -0.1) is 0 Å². The van der Waals surface area contributed by atoms with E-state index in [1.807, 2.05) is 18.2 Å². The minimum atomic E-state index is 0.151. The van der Waals surface area contributed by atoms with Crippen LogP contribution >= 0.6 is 0 Å². The van der Waals surface area contributed by atoms with Crippen molar-refractivity contribution in [2.75, 3.05) is 32.0 Å². The van der Waals surface area contributed by atoms with Gasteiger partial charge in [0, 0.05) is 18.2 Å². The van der Waals surface area contributed by atoms with Crippen molar-refractivity contribution in [1.82, 2.24) is 10.2 Å². The second-order valence-corrected chi connectivity index (χ2v) is 5.50. The van der Waals surface area contributed by atoms with Gasteiger partial charge in [-0.3, -0.25) is 4.79 Å². The van der Waals surface area contributed by atoms with Crippen LogP contribution in [0.25, 0.3) is 0 Å². The molecule has 0 spiro atoms. The third-order valence-corrected chi connectivity index (χ3v) is 3.93. The Balaban J connectivity index is 1.96. The summed E-state index contributed by atoms with van der Waals surface area (Å²) >= 11 is 0. The maximum atomic E-state index is 12.4. The first-order chi connectivity index (χ1) is 9.70. The highest BCUT2D eigenvalue weighted by Gasteiger charge is 2.23. The molecular formula is C16H25N3O. The molecule has 110 valence electrons. The molecular weight excluding hydrogens is 250 g/mol. The number of hydrogen-bond acceptors (Lipinski definition) is 3. The molecule has 0 aliphatic carbocycles. The van der Waals surface area contributed by atoms with Gasteiger partial charge in [0.15, 0.2) is 0 Å². The molecule has 0 radical (unpaired) electrons. The highest BCUT2D eigenvalue weighted by atomic mass is 16.1. The van der Waals surface area contributed by atoms with E-state index >= 15 is 0 Å². The minimum absolute atomic E-state index is 0.151. The summed E-state index contributed by atoms with van der Waals surface area (Å²) in [5.41, 5.74) is 2.09. The van der Waals surface area contributed by atoms with Gasteiger partial charge in [0.25, 0.3) is 0 Å². The average molecular weight is 275 g/mol. The van der Waals surface area contributed by atoms with Crippen LogP contribution in [0.3, 0.4) is 0 Å². The lowest BCUT2D eigenvalue weighted by molar-refractivity contribution is -0.121. The number of piperidine rings is 1. The van der Waals surface area contributed by atoms with Gasteiger partial charge in [0.05, 0.1) is 0 Å². The first-order valence-electron chi connectivity index (χ1n) is 7.48. The Morgan fingerprint density at radius 3 is 2.70 bits per heavy atom. The van der Waals surface area contributed by atoms with Gasteiger partial charge in [-0.05, 0) is 51.2 Å². The van der Waals surface area contributed by atoms with Crippen LogP contribution in [-0.2, 0) is 11.3 Å². The van der Waals surface area contributed by atoms with Crippen LogP contribution in [0.1, 0.15) is 25.3 Å². The fourth-order valence-corrected chi connectivity index (χ4v) is 2.56. The molecule has 2 N–H and O–H groups in total. The Bertz CT molecular complexity index is 439. The van der Waals surface area contributed by atoms with Crippen molar-refractivity contribution in [1.29, 1.82) is 0 Å². The molecule has 1 amide bonds. The maximum absolute atomic E-state index is 12.4. The van der Waals surface area contributed by atoms with E-state index in [1.165, 1.54) is 0 Å². The molecule has 1 saturated heterocycles. The van der Waals surface area contributed by atoms with E-state index in [0.717, 1.165) is 50.3 Å². The van der Waals surface area contributed by atoms with E-state index in [4.69, 9.17) is 0 Å². The number of carbonyl (C=O) groups excluding carboxylic acids is 1. The lowest BCUT2D eigenvalue weighted by atomic mass is 9.96. The number of amides is 1. The third-order valence-electron chi connectivity index (χ3n) is 3.93. The Hall–Kier alpha value is -1.39.